The highest BCUT2D eigenvalue weighted by molar-refractivity contribution is 5.94. The Morgan fingerprint density at radius 2 is 1.21 bits per heavy atom. The number of unbranched alkanes of at least 4 members (excludes halogenated alkanes) is 1. The van der Waals surface area contributed by atoms with Gasteiger partial charge in [-0.25, -0.2) is 4.79 Å². The summed E-state index contributed by atoms with van der Waals surface area (Å²) < 4.78 is 4.68. The molecule has 0 aromatic carbocycles. The summed E-state index contributed by atoms with van der Waals surface area (Å²) in [6.45, 7) is 4.74. The summed E-state index contributed by atoms with van der Waals surface area (Å²) in [6, 6.07) is 0. The minimum atomic E-state index is -0.557. The van der Waals surface area contributed by atoms with Crippen LogP contribution >= 0.6 is 0 Å². The van der Waals surface area contributed by atoms with Crippen molar-refractivity contribution < 1.29 is 19.1 Å². The van der Waals surface area contributed by atoms with Crippen molar-refractivity contribution in [1.82, 2.24) is 10.6 Å². The number of rotatable bonds is 19. The molecule has 0 fully saturated rings. The molecule has 6 nitrogen and oxygen atoms in total. The molecule has 0 unspecified atom stereocenters. The molecule has 0 atom stereocenters. The molecule has 6 heteroatoms. The molecular formula is C28H42N2O4. The van der Waals surface area contributed by atoms with Crippen LogP contribution in [0.5, 0.6) is 0 Å². The quantitative estimate of drug-likeness (QED) is 0.117. The lowest BCUT2D eigenvalue weighted by Crippen LogP contribution is -2.33. The number of hydrogen-bond acceptors (Lipinski definition) is 4. The molecule has 0 aliphatic heterocycles. The molecule has 0 bridgehead atoms. The number of carbonyl (C=O) groups is 3. The van der Waals surface area contributed by atoms with E-state index in [0.717, 1.165) is 57.1 Å². The van der Waals surface area contributed by atoms with Crippen LogP contribution in [0.1, 0.15) is 65.2 Å². The normalized spacial score (nSPS) is 12.2. The van der Waals surface area contributed by atoms with Crippen molar-refractivity contribution in [2.75, 3.05) is 19.7 Å². The average Bonchev–Trinajstić information content (AvgIpc) is 2.82. The molecule has 0 saturated carbocycles. The van der Waals surface area contributed by atoms with Gasteiger partial charge in [0.15, 0.2) is 0 Å². The molecule has 188 valence electrons. The second-order valence-corrected chi connectivity index (χ2v) is 7.33. The van der Waals surface area contributed by atoms with Gasteiger partial charge in [-0.1, -0.05) is 67.7 Å². The van der Waals surface area contributed by atoms with E-state index in [9.17, 15) is 14.4 Å². The van der Waals surface area contributed by atoms with E-state index in [0.29, 0.717) is 19.5 Å². The maximum absolute atomic E-state index is 11.8. The van der Waals surface area contributed by atoms with Gasteiger partial charge in [-0.15, -0.1) is 0 Å². The van der Waals surface area contributed by atoms with Crippen molar-refractivity contribution in [2.45, 2.75) is 65.2 Å². The van der Waals surface area contributed by atoms with Crippen LogP contribution in [-0.2, 0) is 19.1 Å². The SMILES string of the molecule is CC/C=C\C/C=C\C/C=C\C/C=C\C/C=C\CCCC(=O)NCCNC(=O)/C=C/C(=O)OCC. The fourth-order valence-electron chi connectivity index (χ4n) is 2.62. The second kappa shape index (κ2) is 24.5. The lowest BCUT2D eigenvalue weighted by molar-refractivity contribution is -0.137. The van der Waals surface area contributed by atoms with Crippen LogP contribution in [-0.4, -0.2) is 37.5 Å². The Kier molecular flexibility index (Phi) is 22.2. The smallest absolute Gasteiger partial charge is 0.330 e. The molecule has 0 aromatic rings. The van der Waals surface area contributed by atoms with Crippen molar-refractivity contribution >= 4 is 17.8 Å². The molecule has 0 aliphatic rings. The number of nitrogens with one attached hydrogen (secondary N) is 2. The van der Waals surface area contributed by atoms with E-state index in [1.807, 2.05) is 0 Å². The highest BCUT2D eigenvalue weighted by Gasteiger charge is 2.01. The van der Waals surface area contributed by atoms with Crippen LogP contribution in [0.2, 0.25) is 0 Å². The third kappa shape index (κ3) is 23.5. The highest BCUT2D eigenvalue weighted by Crippen LogP contribution is 1.99. The summed E-state index contributed by atoms with van der Waals surface area (Å²) in [5.41, 5.74) is 0. The monoisotopic (exact) mass is 470 g/mol. The summed E-state index contributed by atoms with van der Waals surface area (Å²) in [4.78, 5) is 34.4. The van der Waals surface area contributed by atoms with Gasteiger partial charge in [0.05, 0.1) is 6.61 Å². The predicted molar refractivity (Wildman–Crippen MR) is 140 cm³/mol. The van der Waals surface area contributed by atoms with Gasteiger partial charge in [0.25, 0.3) is 0 Å². The van der Waals surface area contributed by atoms with E-state index in [1.165, 1.54) is 0 Å². The van der Waals surface area contributed by atoms with Gasteiger partial charge < -0.3 is 15.4 Å². The molecule has 0 heterocycles. The summed E-state index contributed by atoms with van der Waals surface area (Å²) in [6.07, 6.45) is 30.8. The molecule has 0 aromatic heterocycles. The van der Waals surface area contributed by atoms with Crippen LogP contribution in [0.15, 0.2) is 72.9 Å². The lowest BCUT2D eigenvalue weighted by atomic mass is 10.2. The van der Waals surface area contributed by atoms with Crippen LogP contribution in [0, 0.1) is 0 Å². The largest absolute Gasteiger partial charge is 0.463 e. The van der Waals surface area contributed by atoms with Crippen LogP contribution < -0.4 is 10.6 Å². The van der Waals surface area contributed by atoms with Gasteiger partial charge in [-0.3, -0.25) is 9.59 Å². The van der Waals surface area contributed by atoms with Gasteiger partial charge in [0.2, 0.25) is 11.8 Å². The number of allylic oxidation sites excluding steroid dienone is 10. The zero-order valence-electron chi connectivity index (χ0n) is 20.8. The Hall–Kier alpha value is -3.15. The molecule has 0 aliphatic carbocycles. The topological polar surface area (TPSA) is 84.5 Å². The molecule has 0 saturated heterocycles. The number of amides is 2. The van der Waals surface area contributed by atoms with Gasteiger partial charge >= 0.3 is 5.97 Å². The maximum Gasteiger partial charge on any atom is 0.330 e. The highest BCUT2D eigenvalue weighted by atomic mass is 16.5. The zero-order valence-corrected chi connectivity index (χ0v) is 20.8. The second-order valence-electron chi connectivity index (χ2n) is 7.33. The first-order valence-electron chi connectivity index (χ1n) is 12.2. The Morgan fingerprint density at radius 3 is 1.76 bits per heavy atom. The molecule has 2 N–H and O–H groups in total. The molecule has 0 spiro atoms. The number of carbonyl (C=O) groups excluding carboxylic acids is 3. The average molecular weight is 471 g/mol. The van der Waals surface area contributed by atoms with E-state index >= 15 is 0 Å². The van der Waals surface area contributed by atoms with Gasteiger partial charge in [0, 0.05) is 31.7 Å². The van der Waals surface area contributed by atoms with Crippen molar-refractivity contribution in [1.29, 1.82) is 0 Å². The minimum absolute atomic E-state index is 0.0383. The van der Waals surface area contributed by atoms with Crippen LogP contribution in [0.4, 0.5) is 0 Å². The first kappa shape index (κ1) is 30.9. The standard InChI is InChI=1S/C28H42N2O4/c1-3-5-6-7-8-9-10-11-12-13-14-15-16-17-18-19-20-21-26(31)29-24-25-30-27(32)22-23-28(33)34-4-2/h5-6,8-9,11-12,14-15,17-18,22-23H,3-4,7,10,13,16,19-21,24-25H2,1-2H3,(H,29,31)(H,30,32)/b6-5-,9-8-,12-11-,15-14-,18-17-,23-22+. The van der Waals surface area contributed by atoms with E-state index in [-0.39, 0.29) is 12.5 Å². The summed E-state index contributed by atoms with van der Waals surface area (Å²) >= 11 is 0. The van der Waals surface area contributed by atoms with Gasteiger partial charge in [0.1, 0.15) is 0 Å². The van der Waals surface area contributed by atoms with Crippen molar-refractivity contribution in [3.8, 4) is 0 Å². The van der Waals surface area contributed by atoms with Crippen molar-refractivity contribution in [2.24, 2.45) is 0 Å². The maximum atomic E-state index is 11.8. The Balaban J connectivity index is 3.63. The molecule has 0 radical (unpaired) electrons. The summed E-state index contributed by atoms with van der Waals surface area (Å²) in [7, 11) is 0. The van der Waals surface area contributed by atoms with Crippen molar-refractivity contribution in [3.63, 3.8) is 0 Å². The summed E-state index contributed by atoms with van der Waals surface area (Å²) in [5, 5.41) is 5.35. The molecule has 34 heavy (non-hydrogen) atoms. The lowest BCUT2D eigenvalue weighted by Gasteiger charge is -2.05. The van der Waals surface area contributed by atoms with Crippen molar-refractivity contribution in [3.05, 3.63) is 72.9 Å². The van der Waals surface area contributed by atoms with Crippen LogP contribution in [0.25, 0.3) is 0 Å². The fourth-order valence-corrected chi connectivity index (χ4v) is 2.62. The van der Waals surface area contributed by atoms with E-state index in [4.69, 9.17) is 0 Å². The molecule has 2 amide bonds. The third-order valence-electron chi connectivity index (χ3n) is 4.34. The zero-order chi connectivity index (χ0) is 25.1. The fraction of sp³-hybridized carbons (Fsp3) is 0.464. The van der Waals surface area contributed by atoms with Gasteiger partial charge in [-0.05, 0) is 51.9 Å². The van der Waals surface area contributed by atoms with E-state index in [1.54, 1.807) is 6.92 Å². The number of esters is 1. The number of hydrogen-bond donors (Lipinski definition) is 2. The van der Waals surface area contributed by atoms with E-state index in [2.05, 4.69) is 83.1 Å². The Bertz CT molecular complexity index is 731. The molecular weight excluding hydrogens is 428 g/mol. The predicted octanol–water partition coefficient (Wildman–Crippen LogP) is 5.26. The first-order valence-corrected chi connectivity index (χ1v) is 12.2. The number of ether oxygens (including phenoxy) is 1. The third-order valence-corrected chi connectivity index (χ3v) is 4.34. The summed E-state index contributed by atoms with van der Waals surface area (Å²) in [5.74, 6) is -0.997. The Labute approximate surface area is 205 Å². The van der Waals surface area contributed by atoms with Gasteiger partial charge in [-0.2, -0.15) is 0 Å². The Morgan fingerprint density at radius 1 is 0.676 bits per heavy atom. The minimum Gasteiger partial charge on any atom is -0.463 e. The van der Waals surface area contributed by atoms with E-state index < -0.39 is 11.9 Å². The first-order chi connectivity index (χ1) is 16.6. The molecule has 0 rings (SSSR count). The van der Waals surface area contributed by atoms with Crippen LogP contribution in [0.3, 0.4) is 0 Å².